The van der Waals surface area contributed by atoms with Crippen LogP contribution in [0.4, 0.5) is 4.39 Å². The molecular formula is C27H19ClFN3O2. The third-order valence-corrected chi connectivity index (χ3v) is 6.07. The maximum Gasteiger partial charge on any atom is 0.275 e. The summed E-state index contributed by atoms with van der Waals surface area (Å²) in [4.78, 5) is 12.8. The van der Waals surface area contributed by atoms with Crippen molar-refractivity contribution in [1.82, 2.24) is 9.99 Å². The molecule has 34 heavy (non-hydrogen) atoms. The summed E-state index contributed by atoms with van der Waals surface area (Å²) in [5.74, 6) is -1.01. The maximum atomic E-state index is 14.3. The van der Waals surface area contributed by atoms with Crippen LogP contribution in [0.3, 0.4) is 0 Å². The number of aromatic hydroxyl groups is 1. The number of aromatic nitrogens is 1. The molecule has 0 aliphatic rings. The molecule has 0 fully saturated rings. The summed E-state index contributed by atoms with van der Waals surface area (Å²) in [7, 11) is 0. The summed E-state index contributed by atoms with van der Waals surface area (Å²) in [6, 6.07) is 22.8. The van der Waals surface area contributed by atoms with E-state index in [1.807, 2.05) is 47.2 Å². The molecule has 4 aromatic carbocycles. The van der Waals surface area contributed by atoms with Gasteiger partial charge >= 0.3 is 0 Å². The summed E-state index contributed by atoms with van der Waals surface area (Å²) in [5, 5.41) is 17.1. The standard InChI is InChI=1S/C27H19ClFN3O2/c28-22-9-5-10-23(29)21(22)16-32-15-18(19-7-3-4-11-24(19)32)14-30-31-27(34)26-20-8-2-1-6-17(20)12-13-25(26)33/h1-15,33H,16H2,(H,31,34). The fraction of sp³-hybridized carbons (Fsp3) is 0.0370. The van der Waals surface area contributed by atoms with Crippen molar-refractivity contribution in [2.45, 2.75) is 6.54 Å². The average molecular weight is 472 g/mol. The number of nitrogens with one attached hydrogen (secondary N) is 1. The van der Waals surface area contributed by atoms with Crippen molar-refractivity contribution in [3.63, 3.8) is 0 Å². The first kappa shape index (κ1) is 21.7. The first-order valence-electron chi connectivity index (χ1n) is 10.6. The van der Waals surface area contributed by atoms with E-state index in [2.05, 4.69) is 10.5 Å². The van der Waals surface area contributed by atoms with Crippen molar-refractivity contribution in [2.75, 3.05) is 0 Å². The predicted molar refractivity (Wildman–Crippen MR) is 133 cm³/mol. The number of carbonyl (C=O) groups is 1. The van der Waals surface area contributed by atoms with E-state index < -0.39 is 5.91 Å². The number of phenols is 1. The monoisotopic (exact) mass is 471 g/mol. The molecule has 0 aliphatic carbocycles. The molecular weight excluding hydrogens is 453 g/mol. The zero-order valence-electron chi connectivity index (χ0n) is 17.9. The van der Waals surface area contributed by atoms with Gasteiger partial charge in [0.15, 0.2) is 0 Å². The van der Waals surface area contributed by atoms with Crippen LogP contribution in [0.25, 0.3) is 21.7 Å². The Hall–Kier alpha value is -4.16. The molecule has 0 unspecified atom stereocenters. The molecule has 0 atom stereocenters. The summed E-state index contributed by atoms with van der Waals surface area (Å²) < 4.78 is 16.2. The Balaban J connectivity index is 1.44. The van der Waals surface area contributed by atoms with Gasteiger partial charge < -0.3 is 9.67 Å². The number of para-hydroxylation sites is 1. The number of halogens is 2. The summed E-state index contributed by atoms with van der Waals surface area (Å²) in [6.07, 6.45) is 3.36. The molecule has 5 nitrogen and oxygen atoms in total. The number of carbonyl (C=O) groups excluding carboxylic acids is 1. The van der Waals surface area contributed by atoms with Crippen LogP contribution < -0.4 is 5.43 Å². The highest BCUT2D eigenvalue weighted by molar-refractivity contribution is 6.31. The van der Waals surface area contributed by atoms with Crippen LogP contribution in [0.1, 0.15) is 21.5 Å². The van der Waals surface area contributed by atoms with Gasteiger partial charge in [-0.3, -0.25) is 4.79 Å². The van der Waals surface area contributed by atoms with Crippen LogP contribution in [-0.2, 0) is 6.54 Å². The number of phenolic OH excluding ortho intramolecular Hbond substituents is 1. The second-order valence-corrected chi connectivity index (χ2v) is 8.22. The lowest BCUT2D eigenvalue weighted by atomic mass is 10.0. The molecule has 1 aromatic heterocycles. The Morgan fingerprint density at radius 1 is 1.00 bits per heavy atom. The molecule has 168 valence electrons. The first-order valence-corrected chi connectivity index (χ1v) is 11.0. The summed E-state index contributed by atoms with van der Waals surface area (Å²) >= 11 is 6.22. The van der Waals surface area contributed by atoms with Gasteiger partial charge in [-0.05, 0) is 35.0 Å². The van der Waals surface area contributed by atoms with E-state index in [4.69, 9.17) is 11.6 Å². The smallest absolute Gasteiger partial charge is 0.275 e. The molecule has 0 saturated carbocycles. The van der Waals surface area contributed by atoms with Gasteiger partial charge in [0.2, 0.25) is 0 Å². The van der Waals surface area contributed by atoms with E-state index in [0.29, 0.717) is 16.0 Å². The first-order chi connectivity index (χ1) is 16.5. The Morgan fingerprint density at radius 2 is 1.76 bits per heavy atom. The van der Waals surface area contributed by atoms with Crippen LogP contribution in [0.5, 0.6) is 5.75 Å². The highest BCUT2D eigenvalue weighted by Gasteiger charge is 2.15. The second kappa shape index (κ2) is 9.00. The third-order valence-electron chi connectivity index (χ3n) is 5.71. The number of rotatable bonds is 5. The van der Waals surface area contributed by atoms with Gasteiger partial charge in [0, 0.05) is 33.2 Å². The number of benzene rings is 4. The van der Waals surface area contributed by atoms with E-state index >= 15 is 0 Å². The highest BCUT2D eigenvalue weighted by atomic mass is 35.5. The largest absolute Gasteiger partial charge is 0.507 e. The zero-order valence-corrected chi connectivity index (χ0v) is 18.6. The topological polar surface area (TPSA) is 66.6 Å². The van der Waals surface area contributed by atoms with Gasteiger partial charge in [-0.25, -0.2) is 9.82 Å². The van der Waals surface area contributed by atoms with Crippen molar-refractivity contribution in [3.8, 4) is 5.75 Å². The molecule has 5 aromatic rings. The molecule has 2 N–H and O–H groups in total. The van der Waals surface area contributed by atoms with Crippen molar-refractivity contribution in [1.29, 1.82) is 0 Å². The van der Waals surface area contributed by atoms with E-state index in [1.165, 1.54) is 18.3 Å². The highest BCUT2D eigenvalue weighted by Crippen LogP contribution is 2.27. The Kier molecular flexibility index (Phi) is 5.74. The minimum atomic E-state index is -0.521. The van der Waals surface area contributed by atoms with Crippen LogP contribution >= 0.6 is 11.6 Å². The van der Waals surface area contributed by atoms with Crippen LogP contribution in [0, 0.1) is 5.82 Å². The van der Waals surface area contributed by atoms with E-state index in [0.717, 1.165) is 21.9 Å². The SMILES string of the molecule is O=C(NN=Cc1cn(Cc2c(F)cccc2Cl)c2ccccc12)c1c(O)ccc2ccccc12. The number of nitrogens with zero attached hydrogens (tertiary/aromatic N) is 2. The molecule has 0 spiro atoms. The van der Waals surface area contributed by atoms with E-state index in [-0.39, 0.29) is 23.7 Å². The van der Waals surface area contributed by atoms with Gasteiger partial charge in [0.05, 0.1) is 18.3 Å². The molecule has 7 heteroatoms. The number of fused-ring (bicyclic) bond motifs is 2. The molecule has 5 rings (SSSR count). The Labute approximate surface area is 199 Å². The van der Waals surface area contributed by atoms with Crippen molar-refractivity contribution >= 4 is 45.4 Å². The third kappa shape index (κ3) is 4.00. The van der Waals surface area contributed by atoms with Crippen LogP contribution in [0.15, 0.2) is 90.2 Å². The predicted octanol–water partition coefficient (Wildman–Crippen LogP) is 6.10. The number of hydrogen-bond donors (Lipinski definition) is 2. The number of amides is 1. The van der Waals surface area contributed by atoms with E-state index in [1.54, 1.807) is 30.3 Å². The van der Waals surface area contributed by atoms with Gasteiger partial charge in [0.1, 0.15) is 11.6 Å². The summed E-state index contributed by atoms with van der Waals surface area (Å²) in [5.41, 5.74) is 4.68. The van der Waals surface area contributed by atoms with E-state index in [9.17, 15) is 14.3 Å². The minimum Gasteiger partial charge on any atom is -0.507 e. The molecule has 0 aliphatic heterocycles. The van der Waals surface area contributed by atoms with Crippen molar-refractivity contribution < 1.29 is 14.3 Å². The molecule has 1 heterocycles. The normalized spacial score (nSPS) is 11.5. The van der Waals surface area contributed by atoms with Crippen LogP contribution in [-0.4, -0.2) is 21.8 Å². The molecule has 0 saturated heterocycles. The minimum absolute atomic E-state index is 0.121. The number of hydrogen-bond acceptors (Lipinski definition) is 3. The van der Waals surface area contributed by atoms with Crippen molar-refractivity contribution in [2.24, 2.45) is 5.10 Å². The van der Waals surface area contributed by atoms with Crippen LogP contribution in [0.2, 0.25) is 5.02 Å². The van der Waals surface area contributed by atoms with Gasteiger partial charge in [-0.1, -0.05) is 66.2 Å². The lowest BCUT2D eigenvalue weighted by Gasteiger charge is -2.08. The van der Waals surface area contributed by atoms with Gasteiger partial charge in [-0.2, -0.15) is 5.10 Å². The quantitative estimate of drug-likeness (QED) is 0.240. The summed E-state index contributed by atoms with van der Waals surface area (Å²) in [6.45, 7) is 0.246. The van der Waals surface area contributed by atoms with Gasteiger partial charge in [-0.15, -0.1) is 0 Å². The van der Waals surface area contributed by atoms with Gasteiger partial charge in [0.25, 0.3) is 5.91 Å². The average Bonchev–Trinajstić information content (AvgIpc) is 3.19. The molecule has 0 radical (unpaired) electrons. The van der Waals surface area contributed by atoms with Crippen molar-refractivity contribution in [3.05, 3.63) is 113 Å². The zero-order chi connectivity index (χ0) is 23.7. The molecule has 1 amide bonds. The Morgan fingerprint density at radius 3 is 2.59 bits per heavy atom. The Bertz CT molecular complexity index is 1560. The molecule has 0 bridgehead atoms. The fourth-order valence-corrected chi connectivity index (χ4v) is 4.30. The lowest BCUT2D eigenvalue weighted by molar-refractivity contribution is 0.0954. The maximum absolute atomic E-state index is 14.3. The fourth-order valence-electron chi connectivity index (χ4n) is 4.08. The number of hydrazone groups is 1. The second-order valence-electron chi connectivity index (χ2n) is 7.81. The lowest BCUT2D eigenvalue weighted by Crippen LogP contribution is -2.18.